The van der Waals surface area contributed by atoms with Crippen LogP contribution in [0.1, 0.15) is 39.0 Å². The van der Waals surface area contributed by atoms with E-state index in [-0.39, 0.29) is 0 Å². The number of nitrogens with zero attached hydrogens (tertiary/aromatic N) is 1. The van der Waals surface area contributed by atoms with E-state index < -0.39 is 0 Å². The van der Waals surface area contributed by atoms with E-state index in [0.29, 0.717) is 11.9 Å². The average Bonchev–Trinajstić information content (AvgIpc) is 2.44. The molecule has 0 amide bonds. The van der Waals surface area contributed by atoms with Crippen LogP contribution in [0.15, 0.2) is 18.3 Å². The zero-order chi connectivity index (χ0) is 11.4. The molecular weight excluding hydrogens is 198 g/mol. The third-order valence-electron chi connectivity index (χ3n) is 3.41. The molecular formula is C13H21N3. The Balaban J connectivity index is 1.93. The van der Waals surface area contributed by atoms with E-state index in [0.717, 1.165) is 11.6 Å². The van der Waals surface area contributed by atoms with Gasteiger partial charge in [-0.05, 0) is 31.2 Å². The molecule has 1 fully saturated rings. The molecule has 0 bridgehead atoms. The van der Waals surface area contributed by atoms with E-state index in [9.17, 15) is 0 Å². The van der Waals surface area contributed by atoms with E-state index in [2.05, 4.69) is 17.2 Å². The molecule has 88 valence electrons. The minimum atomic E-state index is 0.590. The molecule has 3 nitrogen and oxygen atoms in total. The number of hydrogen-bond acceptors (Lipinski definition) is 3. The first kappa shape index (κ1) is 11.2. The van der Waals surface area contributed by atoms with Crippen LogP contribution in [0, 0.1) is 5.92 Å². The second kappa shape index (κ2) is 5.19. The summed E-state index contributed by atoms with van der Waals surface area (Å²) in [6, 6.07) is 4.51. The first-order chi connectivity index (χ1) is 7.74. The quantitative estimate of drug-likeness (QED) is 0.752. The third-order valence-corrected chi connectivity index (χ3v) is 3.41. The summed E-state index contributed by atoms with van der Waals surface area (Å²) in [5.41, 5.74) is 6.77. The van der Waals surface area contributed by atoms with Gasteiger partial charge in [0.1, 0.15) is 5.82 Å². The molecule has 0 saturated heterocycles. The summed E-state index contributed by atoms with van der Waals surface area (Å²) in [4.78, 5) is 4.00. The van der Waals surface area contributed by atoms with Gasteiger partial charge in [0.25, 0.3) is 0 Å². The molecule has 0 radical (unpaired) electrons. The second-order valence-electron chi connectivity index (χ2n) is 4.92. The predicted octanol–water partition coefficient (Wildman–Crippen LogP) is 3.04. The predicted molar refractivity (Wildman–Crippen MR) is 68.3 cm³/mol. The number of hydrogen-bond donors (Lipinski definition) is 2. The maximum atomic E-state index is 5.67. The summed E-state index contributed by atoms with van der Waals surface area (Å²) < 4.78 is 0. The number of pyridine rings is 1. The minimum Gasteiger partial charge on any atom is -0.384 e. The van der Waals surface area contributed by atoms with E-state index in [1.165, 1.54) is 32.1 Å². The van der Waals surface area contributed by atoms with E-state index in [1.807, 2.05) is 12.1 Å². The smallest absolute Gasteiger partial charge is 0.125 e. The molecule has 1 aromatic rings. The normalized spacial score (nSPS) is 26.1. The zero-order valence-electron chi connectivity index (χ0n) is 9.95. The number of aromatic nitrogens is 1. The van der Waals surface area contributed by atoms with Gasteiger partial charge in [-0.25, -0.2) is 4.98 Å². The number of nitrogens with one attached hydrogen (secondary N) is 1. The van der Waals surface area contributed by atoms with Crippen LogP contribution in [-0.4, -0.2) is 11.0 Å². The standard InChI is InChI=1S/C13H21N3/c1-10-3-2-4-11(6-5-10)16-12-7-8-15-13(14)9-12/h7-11H,2-6H2,1H3,(H3,14,15,16). The average molecular weight is 219 g/mol. The molecule has 3 N–H and O–H groups in total. The highest BCUT2D eigenvalue weighted by Crippen LogP contribution is 2.25. The van der Waals surface area contributed by atoms with Gasteiger partial charge in [-0.15, -0.1) is 0 Å². The SMILES string of the molecule is CC1CCCC(Nc2ccnc(N)c2)CC1. The fraction of sp³-hybridized carbons (Fsp3) is 0.615. The summed E-state index contributed by atoms with van der Waals surface area (Å²) in [5, 5.41) is 3.56. The Bertz CT molecular complexity index is 338. The van der Waals surface area contributed by atoms with Crippen molar-refractivity contribution in [3.05, 3.63) is 18.3 Å². The highest BCUT2D eigenvalue weighted by molar-refractivity contribution is 5.50. The topological polar surface area (TPSA) is 50.9 Å². The molecule has 1 aliphatic carbocycles. The third kappa shape index (κ3) is 3.12. The summed E-state index contributed by atoms with van der Waals surface area (Å²) in [6.07, 6.45) is 8.33. The lowest BCUT2D eigenvalue weighted by Gasteiger charge is -2.17. The van der Waals surface area contributed by atoms with Gasteiger partial charge in [-0.3, -0.25) is 0 Å². The van der Waals surface area contributed by atoms with Gasteiger partial charge >= 0.3 is 0 Å². The number of rotatable bonds is 2. The molecule has 1 aromatic heterocycles. The van der Waals surface area contributed by atoms with Crippen molar-refractivity contribution in [2.45, 2.75) is 45.1 Å². The molecule has 0 aromatic carbocycles. The Morgan fingerprint density at radius 3 is 3.00 bits per heavy atom. The molecule has 2 rings (SSSR count). The van der Waals surface area contributed by atoms with Gasteiger partial charge in [0.2, 0.25) is 0 Å². The number of nitrogens with two attached hydrogens (primary N) is 1. The van der Waals surface area contributed by atoms with Gasteiger partial charge in [0, 0.05) is 24.0 Å². The molecule has 1 saturated carbocycles. The largest absolute Gasteiger partial charge is 0.384 e. The highest BCUT2D eigenvalue weighted by Gasteiger charge is 2.15. The van der Waals surface area contributed by atoms with Crippen LogP contribution in [0.3, 0.4) is 0 Å². The monoisotopic (exact) mass is 219 g/mol. The minimum absolute atomic E-state index is 0.590. The lowest BCUT2D eigenvalue weighted by Crippen LogP contribution is -2.18. The van der Waals surface area contributed by atoms with Crippen LogP contribution in [0.2, 0.25) is 0 Å². The van der Waals surface area contributed by atoms with Gasteiger partial charge in [-0.1, -0.05) is 19.8 Å². The van der Waals surface area contributed by atoms with Gasteiger partial charge < -0.3 is 11.1 Å². The van der Waals surface area contributed by atoms with Crippen molar-refractivity contribution in [1.82, 2.24) is 4.98 Å². The Labute approximate surface area is 97.5 Å². The lowest BCUT2D eigenvalue weighted by atomic mass is 10.0. The highest BCUT2D eigenvalue weighted by atomic mass is 14.9. The zero-order valence-corrected chi connectivity index (χ0v) is 9.95. The van der Waals surface area contributed by atoms with Crippen LogP contribution in [0.25, 0.3) is 0 Å². The van der Waals surface area contributed by atoms with Crippen molar-refractivity contribution < 1.29 is 0 Å². The Hall–Kier alpha value is -1.25. The molecule has 0 aliphatic heterocycles. The molecule has 1 aliphatic rings. The van der Waals surface area contributed by atoms with Crippen LogP contribution >= 0.6 is 0 Å². The van der Waals surface area contributed by atoms with Crippen LogP contribution < -0.4 is 11.1 Å². The summed E-state index contributed by atoms with van der Waals surface area (Å²) in [6.45, 7) is 2.35. The Morgan fingerprint density at radius 2 is 2.19 bits per heavy atom. The van der Waals surface area contributed by atoms with Gasteiger partial charge in [0.05, 0.1) is 0 Å². The van der Waals surface area contributed by atoms with Crippen LogP contribution in [-0.2, 0) is 0 Å². The van der Waals surface area contributed by atoms with Crippen molar-refractivity contribution in [1.29, 1.82) is 0 Å². The van der Waals surface area contributed by atoms with Crippen molar-refractivity contribution in [2.75, 3.05) is 11.1 Å². The number of nitrogen functional groups attached to an aromatic ring is 1. The van der Waals surface area contributed by atoms with E-state index >= 15 is 0 Å². The van der Waals surface area contributed by atoms with Crippen molar-refractivity contribution in [3.8, 4) is 0 Å². The Morgan fingerprint density at radius 1 is 1.31 bits per heavy atom. The van der Waals surface area contributed by atoms with Gasteiger partial charge in [0.15, 0.2) is 0 Å². The van der Waals surface area contributed by atoms with E-state index in [1.54, 1.807) is 6.20 Å². The number of anilines is 2. The first-order valence-electron chi connectivity index (χ1n) is 6.22. The van der Waals surface area contributed by atoms with Crippen molar-refractivity contribution in [3.63, 3.8) is 0 Å². The van der Waals surface area contributed by atoms with Crippen molar-refractivity contribution in [2.24, 2.45) is 5.92 Å². The first-order valence-corrected chi connectivity index (χ1v) is 6.22. The fourth-order valence-electron chi connectivity index (χ4n) is 2.41. The summed E-state index contributed by atoms with van der Waals surface area (Å²) >= 11 is 0. The van der Waals surface area contributed by atoms with Crippen LogP contribution in [0.4, 0.5) is 11.5 Å². The summed E-state index contributed by atoms with van der Waals surface area (Å²) in [7, 11) is 0. The maximum Gasteiger partial charge on any atom is 0.125 e. The molecule has 2 unspecified atom stereocenters. The Kier molecular flexibility index (Phi) is 3.65. The fourth-order valence-corrected chi connectivity index (χ4v) is 2.41. The van der Waals surface area contributed by atoms with Gasteiger partial charge in [-0.2, -0.15) is 0 Å². The van der Waals surface area contributed by atoms with E-state index in [4.69, 9.17) is 5.73 Å². The maximum absolute atomic E-state index is 5.67. The van der Waals surface area contributed by atoms with Crippen molar-refractivity contribution >= 4 is 11.5 Å². The lowest BCUT2D eigenvalue weighted by molar-refractivity contribution is 0.502. The molecule has 16 heavy (non-hydrogen) atoms. The molecule has 0 spiro atoms. The van der Waals surface area contributed by atoms with Crippen LogP contribution in [0.5, 0.6) is 0 Å². The summed E-state index contributed by atoms with van der Waals surface area (Å²) in [5.74, 6) is 1.47. The second-order valence-corrected chi connectivity index (χ2v) is 4.92. The molecule has 3 heteroatoms. The molecule has 2 atom stereocenters. The molecule has 1 heterocycles.